The lowest BCUT2D eigenvalue weighted by Crippen LogP contribution is -2.18. The summed E-state index contributed by atoms with van der Waals surface area (Å²) in [4.78, 5) is 19.3. The Hall–Kier alpha value is -2.17. The van der Waals surface area contributed by atoms with Gasteiger partial charge in [0.2, 0.25) is 5.91 Å². The fraction of sp³-hybridized carbons (Fsp3) is 0.100. The molecule has 0 spiro atoms. The van der Waals surface area contributed by atoms with E-state index in [1.165, 1.54) is 0 Å². The first-order valence-corrected chi connectivity index (χ1v) is 4.51. The quantitative estimate of drug-likeness (QED) is 0.805. The average Bonchev–Trinajstić information content (AvgIpc) is 2.71. The largest absolute Gasteiger partial charge is 0.328 e. The number of hydrogen-bond acceptors (Lipinski definition) is 3. The van der Waals surface area contributed by atoms with Crippen molar-refractivity contribution < 1.29 is 4.79 Å². The summed E-state index contributed by atoms with van der Waals surface area (Å²) in [5.41, 5.74) is 0. The van der Waals surface area contributed by atoms with Crippen LogP contribution in [-0.2, 0) is 11.3 Å². The van der Waals surface area contributed by atoms with E-state index in [0.29, 0.717) is 5.82 Å². The van der Waals surface area contributed by atoms with Crippen molar-refractivity contribution in [2.24, 2.45) is 0 Å². The van der Waals surface area contributed by atoms with Crippen molar-refractivity contribution >= 4 is 11.7 Å². The van der Waals surface area contributed by atoms with E-state index in [0.717, 1.165) is 0 Å². The Labute approximate surface area is 86.8 Å². The molecule has 0 aromatic carbocycles. The van der Waals surface area contributed by atoms with Crippen LogP contribution in [0.15, 0.2) is 43.1 Å². The molecular formula is C10H10N4O. The van der Waals surface area contributed by atoms with Gasteiger partial charge >= 0.3 is 0 Å². The smallest absolute Gasteiger partial charge is 0.245 e. The summed E-state index contributed by atoms with van der Waals surface area (Å²) in [7, 11) is 0. The Morgan fingerprint density at radius 1 is 1.40 bits per heavy atom. The fourth-order valence-corrected chi connectivity index (χ4v) is 1.17. The zero-order chi connectivity index (χ0) is 10.5. The summed E-state index contributed by atoms with van der Waals surface area (Å²) in [5.74, 6) is 0.439. The Morgan fingerprint density at radius 2 is 2.33 bits per heavy atom. The van der Waals surface area contributed by atoms with Crippen LogP contribution in [0.3, 0.4) is 0 Å². The minimum Gasteiger partial charge on any atom is -0.328 e. The summed E-state index contributed by atoms with van der Waals surface area (Å²) in [6.45, 7) is 0.247. The molecule has 0 fully saturated rings. The Morgan fingerprint density at radius 3 is 3.00 bits per heavy atom. The Kier molecular flexibility index (Phi) is 2.73. The first kappa shape index (κ1) is 9.39. The van der Waals surface area contributed by atoms with E-state index >= 15 is 0 Å². The first-order valence-electron chi connectivity index (χ1n) is 4.51. The number of carbonyl (C=O) groups is 1. The van der Waals surface area contributed by atoms with Crippen LogP contribution in [-0.4, -0.2) is 20.4 Å². The van der Waals surface area contributed by atoms with Gasteiger partial charge in [0.15, 0.2) is 0 Å². The molecule has 0 aliphatic heterocycles. The topological polar surface area (TPSA) is 59.8 Å². The summed E-state index contributed by atoms with van der Waals surface area (Å²) >= 11 is 0. The molecule has 1 N–H and O–H groups in total. The second kappa shape index (κ2) is 4.36. The third-order valence-corrected chi connectivity index (χ3v) is 1.82. The molecule has 76 valence electrons. The summed E-state index contributed by atoms with van der Waals surface area (Å²) < 4.78 is 1.69. The van der Waals surface area contributed by atoms with Crippen molar-refractivity contribution in [3.8, 4) is 0 Å². The molecule has 0 unspecified atom stereocenters. The van der Waals surface area contributed by atoms with Crippen LogP contribution in [0.4, 0.5) is 5.82 Å². The molecule has 0 atom stereocenters. The van der Waals surface area contributed by atoms with Gasteiger partial charge in [-0.3, -0.25) is 4.79 Å². The number of rotatable bonds is 3. The number of nitrogens with one attached hydrogen (secondary N) is 1. The fourth-order valence-electron chi connectivity index (χ4n) is 1.17. The number of aromatic nitrogens is 3. The average molecular weight is 202 g/mol. The van der Waals surface area contributed by atoms with Crippen molar-refractivity contribution in [2.45, 2.75) is 6.54 Å². The predicted octanol–water partition coefficient (Wildman–Crippen LogP) is 0.917. The predicted molar refractivity (Wildman–Crippen MR) is 55.1 cm³/mol. The lowest BCUT2D eigenvalue weighted by Gasteiger charge is -2.03. The summed E-state index contributed by atoms with van der Waals surface area (Å²) in [6, 6.07) is 5.36. The van der Waals surface area contributed by atoms with Crippen molar-refractivity contribution in [1.82, 2.24) is 14.5 Å². The van der Waals surface area contributed by atoms with E-state index < -0.39 is 0 Å². The van der Waals surface area contributed by atoms with Crippen LogP contribution < -0.4 is 5.32 Å². The third kappa shape index (κ3) is 2.63. The molecule has 1 amide bonds. The second-order valence-electron chi connectivity index (χ2n) is 3.00. The van der Waals surface area contributed by atoms with Gasteiger partial charge in [0.25, 0.3) is 0 Å². The van der Waals surface area contributed by atoms with E-state index in [-0.39, 0.29) is 12.5 Å². The molecular weight excluding hydrogens is 192 g/mol. The van der Waals surface area contributed by atoms with Gasteiger partial charge in [-0.2, -0.15) is 0 Å². The number of nitrogens with zero attached hydrogens (tertiary/aromatic N) is 3. The molecule has 5 nitrogen and oxygen atoms in total. The van der Waals surface area contributed by atoms with E-state index in [2.05, 4.69) is 15.3 Å². The summed E-state index contributed by atoms with van der Waals surface area (Å²) in [6.07, 6.45) is 6.59. The van der Waals surface area contributed by atoms with E-state index in [4.69, 9.17) is 0 Å². The number of amides is 1. The molecule has 0 bridgehead atoms. The van der Waals surface area contributed by atoms with Crippen LogP contribution in [0.1, 0.15) is 0 Å². The Bertz CT molecular complexity index is 424. The highest BCUT2D eigenvalue weighted by Gasteiger charge is 2.02. The molecule has 0 saturated carbocycles. The number of hydrogen-bond donors (Lipinski definition) is 1. The maximum absolute atomic E-state index is 11.5. The number of anilines is 1. The van der Waals surface area contributed by atoms with Gasteiger partial charge in [0.1, 0.15) is 12.4 Å². The van der Waals surface area contributed by atoms with Crippen molar-refractivity contribution in [1.29, 1.82) is 0 Å². The zero-order valence-corrected chi connectivity index (χ0v) is 8.00. The molecule has 2 aromatic heterocycles. The van der Waals surface area contributed by atoms with E-state index in [1.54, 1.807) is 41.6 Å². The highest BCUT2D eigenvalue weighted by Crippen LogP contribution is 1.99. The molecule has 2 rings (SSSR count). The van der Waals surface area contributed by atoms with Crippen LogP contribution in [0, 0.1) is 0 Å². The second-order valence-corrected chi connectivity index (χ2v) is 3.00. The molecule has 0 aliphatic carbocycles. The lowest BCUT2D eigenvalue weighted by atomic mass is 10.4. The minimum absolute atomic E-state index is 0.119. The minimum atomic E-state index is -0.119. The van der Waals surface area contributed by atoms with Gasteiger partial charge in [0.05, 0.1) is 6.33 Å². The first-order chi connectivity index (χ1) is 7.34. The number of imidazole rings is 1. The standard InChI is InChI=1S/C10H10N4O/c15-10(7-14-6-5-11-8-14)13-9-3-1-2-4-12-9/h1-6,8H,7H2,(H,12,13,15). The highest BCUT2D eigenvalue weighted by atomic mass is 16.2. The molecule has 15 heavy (non-hydrogen) atoms. The number of pyridine rings is 1. The van der Waals surface area contributed by atoms with Crippen LogP contribution in [0.5, 0.6) is 0 Å². The Balaban J connectivity index is 1.94. The number of carbonyl (C=O) groups excluding carboxylic acids is 1. The van der Waals surface area contributed by atoms with Crippen LogP contribution >= 0.6 is 0 Å². The molecule has 2 aromatic rings. The maximum Gasteiger partial charge on any atom is 0.245 e. The van der Waals surface area contributed by atoms with Crippen LogP contribution in [0.2, 0.25) is 0 Å². The summed E-state index contributed by atoms with van der Waals surface area (Å²) in [5, 5.41) is 2.68. The highest BCUT2D eigenvalue weighted by molar-refractivity contribution is 5.89. The molecule has 2 heterocycles. The van der Waals surface area contributed by atoms with Crippen molar-refractivity contribution in [3.05, 3.63) is 43.1 Å². The monoisotopic (exact) mass is 202 g/mol. The van der Waals surface area contributed by atoms with Gasteiger partial charge in [0, 0.05) is 18.6 Å². The molecule has 0 saturated heterocycles. The van der Waals surface area contributed by atoms with Gasteiger partial charge in [-0.05, 0) is 12.1 Å². The molecule has 5 heteroatoms. The zero-order valence-electron chi connectivity index (χ0n) is 8.00. The SMILES string of the molecule is O=C(Cn1ccnc1)Nc1ccccn1. The normalized spacial score (nSPS) is 9.87. The maximum atomic E-state index is 11.5. The molecule has 0 aliphatic rings. The van der Waals surface area contributed by atoms with Gasteiger partial charge in [-0.25, -0.2) is 9.97 Å². The van der Waals surface area contributed by atoms with Gasteiger partial charge in [-0.15, -0.1) is 0 Å². The third-order valence-electron chi connectivity index (χ3n) is 1.82. The van der Waals surface area contributed by atoms with Gasteiger partial charge < -0.3 is 9.88 Å². The van der Waals surface area contributed by atoms with Gasteiger partial charge in [-0.1, -0.05) is 6.07 Å². The lowest BCUT2D eigenvalue weighted by molar-refractivity contribution is -0.116. The molecule has 0 radical (unpaired) electrons. The van der Waals surface area contributed by atoms with Crippen molar-refractivity contribution in [3.63, 3.8) is 0 Å². The van der Waals surface area contributed by atoms with E-state index in [1.807, 2.05) is 6.07 Å². The van der Waals surface area contributed by atoms with Crippen molar-refractivity contribution in [2.75, 3.05) is 5.32 Å². The van der Waals surface area contributed by atoms with E-state index in [9.17, 15) is 4.79 Å². The van der Waals surface area contributed by atoms with Crippen LogP contribution in [0.25, 0.3) is 0 Å².